The number of carbonyl (C=O) groups is 1. The molecule has 0 bridgehead atoms. The Morgan fingerprint density at radius 1 is 1.88 bits per heavy atom. The molecule has 0 atom stereocenters. The molecule has 0 saturated heterocycles. The molecular formula is C5H6NO2. The number of hydrogen-bond donors (Lipinski definition) is 2. The third-order valence-electron chi connectivity index (χ3n) is 0.997. The van der Waals surface area contributed by atoms with Crippen LogP contribution in [0.25, 0.3) is 0 Å². The van der Waals surface area contributed by atoms with Crippen LogP contribution in [0.1, 0.15) is 6.42 Å². The molecule has 0 aromatic heterocycles. The first kappa shape index (κ1) is 5.15. The third kappa shape index (κ3) is 0.804. The van der Waals surface area contributed by atoms with E-state index in [0.29, 0.717) is 18.5 Å². The molecule has 0 aliphatic carbocycles. The number of hydrogen-bond acceptors (Lipinski definition) is 2. The van der Waals surface area contributed by atoms with Gasteiger partial charge in [0.2, 0.25) is 0 Å². The Morgan fingerprint density at radius 3 is 2.88 bits per heavy atom. The molecule has 0 aromatic rings. The molecule has 3 heteroatoms. The van der Waals surface area contributed by atoms with E-state index in [1.165, 1.54) is 0 Å². The Labute approximate surface area is 47.0 Å². The zero-order valence-electron chi connectivity index (χ0n) is 4.27. The van der Waals surface area contributed by atoms with E-state index in [4.69, 9.17) is 5.11 Å². The highest BCUT2D eigenvalue weighted by molar-refractivity contribution is 5.86. The highest BCUT2D eigenvalue weighted by Crippen LogP contribution is 2.02. The molecule has 1 heterocycles. The summed E-state index contributed by atoms with van der Waals surface area (Å²) in [7, 11) is 0. The molecule has 0 spiro atoms. The third-order valence-corrected chi connectivity index (χ3v) is 0.997. The molecule has 0 saturated carbocycles. The minimum Gasteiger partial charge on any atom is -0.478 e. The van der Waals surface area contributed by atoms with Gasteiger partial charge in [-0.3, -0.25) is 0 Å². The Hall–Kier alpha value is -0.990. The SMILES string of the molecule is O=C(O)C1=[C]NCC1. The summed E-state index contributed by atoms with van der Waals surface area (Å²) in [4.78, 5) is 10.1. The van der Waals surface area contributed by atoms with Gasteiger partial charge < -0.3 is 10.4 Å². The van der Waals surface area contributed by atoms with Crippen molar-refractivity contribution in [1.29, 1.82) is 0 Å². The first-order valence-electron chi connectivity index (χ1n) is 2.38. The van der Waals surface area contributed by atoms with E-state index in [9.17, 15) is 4.79 Å². The molecule has 1 aliphatic heterocycles. The molecule has 1 aliphatic rings. The molecule has 0 unspecified atom stereocenters. The molecule has 0 amide bonds. The van der Waals surface area contributed by atoms with Gasteiger partial charge in [-0.25, -0.2) is 4.79 Å². The highest BCUT2D eigenvalue weighted by Gasteiger charge is 2.10. The summed E-state index contributed by atoms with van der Waals surface area (Å²) in [6.07, 6.45) is 3.12. The lowest BCUT2D eigenvalue weighted by molar-refractivity contribution is -0.132. The van der Waals surface area contributed by atoms with Crippen molar-refractivity contribution >= 4 is 5.97 Å². The second-order valence-corrected chi connectivity index (χ2v) is 1.59. The van der Waals surface area contributed by atoms with Crippen LogP contribution in [0.3, 0.4) is 0 Å². The highest BCUT2D eigenvalue weighted by atomic mass is 16.4. The topological polar surface area (TPSA) is 49.3 Å². The summed E-state index contributed by atoms with van der Waals surface area (Å²) in [6.45, 7) is 0.710. The van der Waals surface area contributed by atoms with Crippen molar-refractivity contribution in [2.75, 3.05) is 6.54 Å². The van der Waals surface area contributed by atoms with Crippen molar-refractivity contribution in [2.45, 2.75) is 6.42 Å². The Kier molecular flexibility index (Phi) is 1.20. The summed E-state index contributed by atoms with van der Waals surface area (Å²) >= 11 is 0. The lowest BCUT2D eigenvalue weighted by atomic mass is 10.2. The van der Waals surface area contributed by atoms with E-state index in [1.54, 1.807) is 0 Å². The van der Waals surface area contributed by atoms with Crippen molar-refractivity contribution in [3.05, 3.63) is 11.8 Å². The summed E-state index contributed by atoms with van der Waals surface area (Å²) < 4.78 is 0. The van der Waals surface area contributed by atoms with Crippen molar-refractivity contribution in [3.8, 4) is 0 Å². The van der Waals surface area contributed by atoms with E-state index in [1.807, 2.05) is 0 Å². The molecule has 1 rings (SSSR count). The van der Waals surface area contributed by atoms with Crippen molar-refractivity contribution in [2.24, 2.45) is 0 Å². The van der Waals surface area contributed by atoms with Gasteiger partial charge in [0.1, 0.15) is 0 Å². The number of carboxylic acids is 1. The summed E-state index contributed by atoms with van der Waals surface area (Å²) in [6, 6.07) is 0. The minimum atomic E-state index is -0.866. The maximum absolute atomic E-state index is 10.1. The number of rotatable bonds is 1. The van der Waals surface area contributed by atoms with Crippen LogP contribution in [0.2, 0.25) is 0 Å². The lowest BCUT2D eigenvalue weighted by Gasteiger charge is -1.85. The average Bonchev–Trinajstić information content (AvgIpc) is 2.12. The molecular weight excluding hydrogens is 106 g/mol. The minimum absolute atomic E-state index is 0.352. The van der Waals surface area contributed by atoms with Gasteiger partial charge in [0, 0.05) is 6.54 Å². The van der Waals surface area contributed by atoms with Crippen LogP contribution >= 0.6 is 0 Å². The van der Waals surface area contributed by atoms with Crippen LogP contribution in [-0.4, -0.2) is 17.6 Å². The van der Waals surface area contributed by atoms with Gasteiger partial charge in [-0.15, -0.1) is 0 Å². The fraction of sp³-hybridized carbons (Fsp3) is 0.400. The van der Waals surface area contributed by atoms with E-state index in [-0.39, 0.29) is 0 Å². The van der Waals surface area contributed by atoms with Crippen LogP contribution in [0.4, 0.5) is 0 Å². The van der Waals surface area contributed by atoms with Crippen LogP contribution in [0, 0.1) is 6.20 Å². The quantitative estimate of drug-likeness (QED) is 0.491. The molecule has 1 radical (unpaired) electrons. The van der Waals surface area contributed by atoms with Gasteiger partial charge in [0.05, 0.1) is 11.8 Å². The maximum Gasteiger partial charge on any atom is 0.333 e. The zero-order valence-corrected chi connectivity index (χ0v) is 4.27. The number of carboxylic acid groups (broad SMARTS) is 1. The number of aliphatic carboxylic acids is 1. The Morgan fingerprint density at radius 2 is 2.62 bits per heavy atom. The number of nitrogens with one attached hydrogen (secondary N) is 1. The molecule has 8 heavy (non-hydrogen) atoms. The van der Waals surface area contributed by atoms with Gasteiger partial charge >= 0.3 is 5.97 Å². The second kappa shape index (κ2) is 1.86. The monoisotopic (exact) mass is 112 g/mol. The Bertz CT molecular complexity index is 139. The van der Waals surface area contributed by atoms with Gasteiger partial charge in [-0.2, -0.15) is 0 Å². The lowest BCUT2D eigenvalue weighted by Crippen LogP contribution is -1.97. The smallest absolute Gasteiger partial charge is 0.333 e. The van der Waals surface area contributed by atoms with Crippen LogP contribution in [0.15, 0.2) is 5.57 Å². The van der Waals surface area contributed by atoms with Crippen molar-refractivity contribution in [3.63, 3.8) is 0 Å². The normalized spacial score (nSPS) is 17.2. The first-order chi connectivity index (χ1) is 3.80. The Balaban J connectivity index is 2.57. The van der Waals surface area contributed by atoms with Gasteiger partial charge in [0.15, 0.2) is 0 Å². The molecule has 2 N–H and O–H groups in total. The average molecular weight is 112 g/mol. The summed E-state index contributed by atoms with van der Waals surface area (Å²) in [5.74, 6) is -0.866. The fourth-order valence-corrected chi connectivity index (χ4v) is 0.580. The van der Waals surface area contributed by atoms with Crippen LogP contribution in [-0.2, 0) is 4.79 Å². The van der Waals surface area contributed by atoms with E-state index >= 15 is 0 Å². The largest absolute Gasteiger partial charge is 0.478 e. The van der Waals surface area contributed by atoms with E-state index in [0.717, 1.165) is 0 Å². The fourth-order valence-electron chi connectivity index (χ4n) is 0.580. The van der Waals surface area contributed by atoms with E-state index in [2.05, 4.69) is 11.5 Å². The second-order valence-electron chi connectivity index (χ2n) is 1.59. The maximum atomic E-state index is 10.1. The van der Waals surface area contributed by atoms with Crippen LogP contribution in [0.5, 0.6) is 0 Å². The molecule has 0 fully saturated rings. The summed E-state index contributed by atoms with van der Waals surface area (Å²) in [5, 5.41) is 11.0. The van der Waals surface area contributed by atoms with Crippen molar-refractivity contribution in [1.82, 2.24) is 5.32 Å². The van der Waals surface area contributed by atoms with Gasteiger partial charge in [-0.05, 0) is 6.42 Å². The molecule has 43 valence electrons. The van der Waals surface area contributed by atoms with Crippen molar-refractivity contribution < 1.29 is 9.90 Å². The van der Waals surface area contributed by atoms with Gasteiger partial charge in [-0.1, -0.05) is 0 Å². The predicted molar refractivity (Wildman–Crippen MR) is 27.0 cm³/mol. The van der Waals surface area contributed by atoms with E-state index < -0.39 is 5.97 Å². The predicted octanol–water partition coefficient (Wildman–Crippen LogP) is -0.249. The zero-order chi connectivity index (χ0) is 5.98. The standard InChI is InChI=1S/C5H6NO2/c7-5(8)4-1-2-6-3-4/h6H,1-2H2,(H,7,8). The van der Waals surface area contributed by atoms with Crippen LogP contribution < -0.4 is 5.32 Å². The van der Waals surface area contributed by atoms with Gasteiger partial charge in [0.25, 0.3) is 0 Å². The molecule has 3 nitrogen and oxygen atoms in total. The summed E-state index contributed by atoms with van der Waals surface area (Å²) in [5.41, 5.74) is 0.352. The molecule has 0 aromatic carbocycles. The first-order valence-corrected chi connectivity index (χ1v) is 2.38.